The molecule has 4 atom stereocenters. The van der Waals surface area contributed by atoms with E-state index < -0.39 is 31.1 Å². The summed E-state index contributed by atoms with van der Waals surface area (Å²) in [6.07, 6.45) is -1.42. The third-order valence-electron chi connectivity index (χ3n) is 3.18. The number of aliphatic hydroxyl groups excluding tert-OH is 3. The first-order valence-corrected chi connectivity index (χ1v) is 5.69. The van der Waals surface area contributed by atoms with Gasteiger partial charge in [-0.3, -0.25) is 4.57 Å². The normalized spacial score (nSPS) is 29.6. The molecule has 10 heteroatoms. The van der Waals surface area contributed by atoms with Gasteiger partial charge in [-0.05, 0) is 0 Å². The minimum atomic E-state index is -1.19. The number of nitrogen functional groups attached to an aromatic ring is 1. The second kappa shape index (κ2) is 5.73. The van der Waals surface area contributed by atoms with Gasteiger partial charge in [0.2, 0.25) is 0 Å². The summed E-state index contributed by atoms with van der Waals surface area (Å²) in [5, 5.41) is 28.7. The standard InChI is InChI=1S/C10H13N5O4.HI/c11-8-5-9(13-2-12-8)15(3-14-5)10-7(18)6(17)4(1-16)19-10;/h2-4,6-7,10,16-18H,1H2,(H2,11,12,13);1H/t4-,6+,7+,10-;/m1./s1. The predicted octanol–water partition coefficient (Wildman–Crippen LogP) is -1.36. The summed E-state index contributed by atoms with van der Waals surface area (Å²) < 4.78 is 6.85. The van der Waals surface area contributed by atoms with E-state index in [1.807, 2.05) is 0 Å². The summed E-state index contributed by atoms with van der Waals surface area (Å²) in [7, 11) is 0. The van der Waals surface area contributed by atoms with E-state index in [9.17, 15) is 10.2 Å². The van der Waals surface area contributed by atoms with Crippen LogP contribution in [0.15, 0.2) is 12.7 Å². The maximum absolute atomic E-state index is 9.95. The summed E-state index contributed by atoms with van der Waals surface area (Å²) in [5.74, 6) is 0.218. The van der Waals surface area contributed by atoms with Crippen molar-refractivity contribution in [1.82, 2.24) is 19.5 Å². The summed E-state index contributed by atoms with van der Waals surface area (Å²) >= 11 is 0. The summed E-state index contributed by atoms with van der Waals surface area (Å²) in [6.45, 7) is -0.390. The molecule has 2 aromatic rings. The van der Waals surface area contributed by atoms with Gasteiger partial charge in [0, 0.05) is 0 Å². The molecule has 1 saturated heterocycles. The highest BCUT2D eigenvalue weighted by Gasteiger charge is 2.43. The Balaban J connectivity index is 0.00000147. The van der Waals surface area contributed by atoms with Crippen LogP contribution < -0.4 is 5.73 Å². The van der Waals surface area contributed by atoms with E-state index in [0.717, 1.165) is 0 Å². The Morgan fingerprint density at radius 3 is 2.65 bits per heavy atom. The van der Waals surface area contributed by atoms with Crippen LogP contribution in [0.4, 0.5) is 5.82 Å². The van der Waals surface area contributed by atoms with Crippen LogP contribution in [0.5, 0.6) is 0 Å². The van der Waals surface area contributed by atoms with E-state index in [0.29, 0.717) is 11.2 Å². The lowest BCUT2D eigenvalue weighted by Crippen LogP contribution is -2.33. The molecule has 2 aromatic heterocycles. The number of nitrogens with zero attached hydrogens (tertiary/aromatic N) is 4. The lowest BCUT2D eigenvalue weighted by molar-refractivity contribution is -0.0511. The average Bonchev–Trinajstić information content (AvgIpc) is 2.94. The first-order valence-electron chi connectivity index (χ1n) is 5.69. The number of nitrogens with two attached hydrogens (primary N) is 1. The molecule has 0 radical (unpaired) electrons. The Morgan fingerprint density at radius 2 is 2.00 bits per heavy atom. The Hall–Kier alpha value is -1.08. The third-order valence-corrected chi connectivity index (χ3v) is 3.18. The fourth-order valence-electron chi connectivity index (χ4n) is 2.17. The maximum atomic E-state index is 9.95. The van der Waals surface area contributed by atoms with Crippen molar-refractivity contribution < 1.29 is 20.1 Å². The van der Waals surface area contributed by atoms with Crippen LogP contribution in [-0.4, -0.2) is 59.8 Å². The molecule has 1 aliphatic rings. The molecule has 0 unspecified atom stereocenters. The third kappa shape index (κ3) is 2.22. The monoisotopic (exact) mass is 395 g/mol. The molecule has 3 heterocycles. The van der Waals surface area contributed by atoms with Gasteiger partial charge in [-0.1, -0.05) is 0 Å². The molecular weight excluding hydrogens is 381 g/mol. The van der Waals surface area contributed by atoms with Crippen LogP contribution in [0, 0.1) is 0 Å². The first-order chi connectivity index (χ1) is 9.13. The molecule has 0 spiro atoms. The quantitative estimate of drug-likeness (QED) is 0.457. The zero-order valence-corrected chi connectivity index (χ0v) is 12.5. The molecule has 9 nitrogen and oxygen atoms in total. The van der Waals surface area contributed by atoms with Crippen LogP contribution in [0.2, 0.25) is 0 Å². The van der Waals surface area contributed by atoms with Gasteiger partial charge in [0.05, 0.1) is 12.9 Å². The fourth-order valence-corrected chi connectivity index (χ4v) is 2.17. The maximum Gasteiger partial charge on any atom is 0.167 e. The van der Waals surface area contributed by atoms with Gasteiger partial charge in [-0.25, -0.2) is 15.0 Å². The molecular formula is C10H14IN5O4. The Kier molecular flexibility index (Phi) is 4.39. The number of halogens is 1. The summed E-state index contributed by atoms with van der Waals surface area (Å²) in [4.78, 5) is 11.9. The number of rotatable bonds is 2. The van der Waals surface area contributed by atoms with Crippen molar-refractivity contribution in [1.29, 1.82) is 0 Å². The van der Waals surface area contributed by atoms with Crippen molar-refractivity contribution >= 4 is 41.0 Å². The van der Waals surface area contributed by atoms with Crippen LogP contribution in [0.1, 0.15) is 6.23 Å². The number of ether oxygens (including phenoxy) is 1. The number of fused-ring (bicyclic) bond motifs is 1. The molecule has 0 aliphatic carbocycles. The van der Waals surface area contributed by atoms with Crippen LogP contribution in [0.25, 0.3) is 11.2 Å². The topological polar surface area (TPSA) is 140 Å². The van der Waals surface area contributed by atoms with Crippen LogP contribution in [-0.2, 0) is 4.74 Å². The molecule has 5 N–H and O–H groups in total. The largest absolute Gasteiger partial charge is 0.394 e. The van der Waals surface area contributed by atoms with E-state index in [4.69, 9.17) is 15.6 Å². The van der Waals surface area contributed by atoms with Gasteiger partial charge in [-0.15, -0.1) is 24.0 Å². The highest BCUT2D eigenvalue weighted by atomic mass is 127. The molecule has 1 aliphatic heterocycles. The van der Waals surface area contributed by atoms with Crippen molar-refractivity contribution in [3.8, 4) is 0 Å². The van der Waals surface area contributed by atoms with E-state index in [1.165, 1.54) is 17.2 Å². The molecule has 110 valence electrons. The molecule has 0 amide bonds. The minimum absolute atomic E-state index is 0. The van der Waals surface area contributed by atoms with Gasteiger partial charge < -0.3 is 25.8 Å². The van der Waals surface area contributed by atoms with Crippen molar-refractivity contribution in [3.63, 3.8) is 0 Å². The van der Waals surface area contributed by atoms with Crippen molar-refractivity contribution in [3.05, 3.63) is 12.7 Å². The number of anilines is 1. The molecule has 0 saturated carbocycles. The molecule has 1 fully saturated rings. The zero-order valence-electron chi connectivity index (χ0n) is 10.2. The summed E-state index contributed by atoms with van der Waals surface area (Å²) in [6, 6.07) is 0. The minimum Gasteiger partial charge on any atom is -0.394 e. The smallest absolute Gasteiger partial charge is 0.167 e. The highest BCUT2D eigenvalue weighted by Crippen LogP contribution is 2.31. The Morgan fingerprint density at radius 1 is 1.25 bits per heavy atom. The van der Waals surface area contributed by atoms with Gasteiger partial charge in [-0.2, -0.15) is 0 Å². The van der Waals surface area contributed by atoms with E-state index in [2.05, 4.69) is 15.0 Å². The van der Waals surface area contributed by atoms with Gasteiger partial charge in [0.25, 0.3) is 0 Å². The van der Waals surface area contributed by atoms with Crippen LogP contribution >= 0.6 is 24.0 Å². The highest BCUT2D eigenvalue weighted by molar-refractivity contribution is 14.0. The fraction of sp³-hybridized carbons (Fsp3) is 0.500. The van der Waals surface area contributed by atoms with Gasteiger partial charge in [0.15, 0.2) is 17.7 Å². The predicted molar refractivity (Wildman–Crippen MR) is 78.2 cm³/mol. The van der Waals surface area contributed by atoms with Crippen molar-refractivity contribution in [2.24, 2.45) is 0 Å². The number of imidazole rings is 1. The Labute approximate surface area is 130 Å². The van der Waals surface area contributed by atoms with E-state index in [-0.39, 0.29) is 29.8 Å². The zero-order chi connectivity index (χ0) is 13.6. The Bertz CT molecular complexity index is 608. The van der Waals surface area contributed by atoms with Crippen LogP contribution in [0.3, 0.4) is 0 Å². The summed E-state index contributed by atoms with van der Waals surface area (Å²) in [5.41, 5.74) is 6.44. The second-order valence-corrected chi connectivity index (χ2v) is 4.31. The van der Waals surface area contributed by atoms with E-state index in [1.54, 1.807) is 0 Å². The van der Waals surface area contributed by atoms with E-state index >= 15 is 0 Å². The molecule has 0 bridgehead atoms. The number of hydrogen-bond donors (Lipinski definition) is 4. The van der Waals surface area contributed by atoms with Gasteiger partial charge >= 0.3 is 0 Å². The molecule has 0 aromatic carbocycles. The number of aliphatic hydroxyl groups is 3. The molecule has 20 heavy (non-hydrogen) atoms. The second-order valence-electron chi connectivity index (χ2n) is 4.31. The molecule has 3 rings (SSSR count). The van der Waals surface area contributed by atoms with Crippen molar-refractivity contribution in [2.45, 2.75) is 24.5 Å². The van der Waals surface area contributed by atoms with Crippen molar-refractivity contribution in [2.75, 3.05) is 12.3 Å². The SMILES string of the molecule is I.Nc1ncnc2c1ncn2[C@@H]1O[C@H](CO)[C@H](O)[C@@H]1O. The number of hydrogen-bond acceptors (Lipinski definition) is 8. The lowest BCUT2D eigenvalue weighted by atomic mass is 10.1. The number of aromatic nitrogens is 4. The lowest BCUT2D eigenvalue weighted by Gasteiger charge is -2.16. The van der Waals surface area contributed by atoms with Gasteiger partial charge in [0.1, 0.15) is 30.2 Å². The first kappa shape index (κ1) is 15.3. The average molecular weight is 395 g/mol.